The summed E-state index contributed by atoms with van der Waals surface area (Å²) in [5.41, 5.74) is 2.49. The molecule has 1 N–H and O–H groups in total. The van der Waals surface area contributed by atoms with Gasteiger partial charge < -0.3 is 5.11 Å². The van der Waals surface area contributed by atoms with Crippen molar-refractivity contribution in [3.05, 3.63) is 59.9 Å². The fraction of sp³-hybridized carbons (Fsp3) is 0.389. The van der Waals surface area contributed by atoms with Crippen molar-refractivity contribution >= 4 is 0 Å². The minimum atomic E-state index is 0.236. The second-order valence-corrected chi connectivity index (χ2v) is 5.92. The standard InChI is InChI=1S/C18H22N2O/c21-18-7-6-17(19-13-18)14-20-10-8-16(9-11-20)12-15-4-2-1-3-5-15/h1-7,13,16,21H,8-12,14H2. The van der Waals surface area contributed by atoms with E-state index in [1.54, 1.807) is 6.07 Å². The second-order valence-electron chi connectivity index (χ2n) is 5.92. The van der Waals surface area contributed by atoms with Gasteiger partial charge in [0, 0.05) is 6.54 Å². The fourth-order valence-corrected chi connectivity index (χ4v) is 3.04. The van der Waals surface area contributed by atoms with Crippen molar-refractivity contribution in [1.82, 2.24) is 9.88 Å². The summed E-state index contributed by atoms with van der Waals surface area (Å²) in [4.78, 5) is 6.73. The number of pyridine rings is 1. The van der Waals surface area contributed by atoms with Crippen molar-refractivity contribution in [1.29, 1.82) is 0 Å². The van der Waals surface area contributed by atoms with Crippen molar-refractivity contribution in [2.24, 2.45) is 5.92 Å². The highest BCUT2D eigenvalue weighted by Gasteiger charge is 2.19. The first-order valence-corrected chi connectivity index (χ1v) is 7.70. The molecule has 3 heteroatoms. The molecular weight excluding hydrogens is 260 g/mol. The van der Waals surface area contributed by atoms with Crippen LogP contribution in [0.15, 0.2) is 48.7 Å². The van der Waals surface area contributed by atoms with Gasteiger partial charge in [-0.05, 0) is 56.0 Å². The van der Waals surface area contributed by atoms with E-state index in [0.717, 1.165) is 31.2 Å². The second kappa shape index (κ2) is 6.72. The van der Waals surface area contributed by atoms with Gasteiger partial charge in [-0.1, -0.05) is 30.3 Å². The molecule has 0 saturated carbocycles. The molecule has 1 fully saturated rings. The summed E-state index contributed by atoms with van der Waals surface area (Å²) in [7, 11) is 0. The number of hydrogen-bond acceptors (Lipinski definition) is 3. The topological polar surface area (TPSA) is 36.4 Å². The largest absolute Gasteiger partial charge is 0.506 e. The van der Waals surface area contributed by atoms with Crippen molar-refractivity contribution in [3.8, 4) is 5.75 Å². The maximum absolute atomic E-state index is 9.26. The maximum atomic E-state index is 9.26. The van der Waals surface area contributed by atoms with Crippen LogP contribution in [0.2, 0.25) is 0 Å². The molecule has 1 aromatic heterocycles. The molecule has 1 aromatic carbocycles. The number of aromatic nitrogens is 1. The number of piperidine rings is 1. The van der Waals surface area contributed by atoms with E-state index in [-0.39, 0.29) is 5.75 Å². The third-order valence-electron chi connectivity index (χ3n) is 4.27. The molecular formula is C18H22N2O. The molecule has 3 rings (SSSR count). The zero-order valence-electron chi connectivity index (χ0n) is 12.3. The summed E-state index contributed by atoms with van der Waals surface area (Å²) < 4.78 is 0. The van der Waals surface area contributed by atoms with E-state index in [2.05, 4.69) is 40.2 Å². The van der Waals surface area contributed by atoms with Gasteiger partial charge in [0.15, 0.2) is 0 Å². The van der Waals surface area contributed by atoms with Crippen LogP contribution in [0.1, 0.15) is 24.1 Å². The van der Waals surface area contributed by atoms with Gasteiger partial charge in [0.25, 0.3) is 0 Å². The quantitative estimate of drug-likeness (QED) is 0.935. The average Bonchev–Trinajstić information content (AvgIpc) is 2.53. The number of likely N-dealkylation sites (tertiary alicyclic amines) is 1. The van der Waals surface area contributed by atoms with Crippen molar-refractivity contribution < 1.29 is 5.11 Å². The third-order valence-corrected chi connectivity index (χ3v) is 4.27. The lowest BCUT2D eigenvalue weighted by atomic mass is 9.90. The van der Waals surface area contributed by atoms with Gasteiger partial charge in [-0.25, -0.2) is 0 Å². The lowest BCUT2D eigenvalue weighted by molar-refractivity contribution is 0.175. The summed E-state index contributed by atoms with van der Waals surface area (Å²) in [6.07, 6.45) is 5.24. The lowest BCUT2D eigenvalue weighted by Gasteiger charge is -2.31. The SMILES string of the molecule is Oc1ccc(CN2CCC(Cc3ccccc3)CC2)nc1. The first-order valence-electron chi connectivity index (χ1n) is 7.70. The Morgan fingerprint density at radius 3 is 2.48 bits per heavy atom. The van der Waals surface area contributed by atoms with Crippen LogP contribution in [0, 0.1) is 5.92 Å². The van der Waals surface area contributed by atoms with Gasteiger partial charge in [-0.3, -0.25) is 9.88 Å². The Balaban J connectivity index is 1.47. The number of hydrogen-bond donors (Lipinski definition) is 1. The van der Waals surface area contributed by atoms with E-state index < -0.39 is 0 Å². The van der Waals surface area contributed by atoms with Crippen molar-refractivity contribution in [3.63, 3.8) is 0 Å². The van der Waals surface area contributed by atoms with Crippen LogP contribution in [0.4, 0.5) is 0 Å². The molecule has 21 heavy (non-hydrogen) atoms. The molecule has 0 aliphatic carbocycles. The van der Waals surface area contributed by atoms with Gasteiger partial charge in [0.1, 0.15) is 5.75 Å². The Bertz CT molecular complexity index is 545. The van der Waals surface area contributed by atoms with Gasteiger partial charge >= 0.3 is 0 Å². The molecule has 2 heterocycles. The molecule has 0 spiro atoms. The van der Waals surface area contributed by atoms with E-state index in [0.29, 0.717) is 0 Å². The van der Waals surface area contributed by atoms with Crippen LogP contribution in [0.5, 0.6) is 5.75 Å². The molecule has 1 aliphatic heterocycles. The number of rotatable bonds is 4. The van der Waals surface area contributed by atoms with Crippen LogP contribution >= 0.6 is 0 Å². The Labute approximate surface area is 126 Å². The Kier molecular flexibility index (Phi) is 4.51. The first kappa shape index (κ1) is 14.1. The van der Waals surface area contributed by atoms with Gasteiger partial charge in [0.2, 0.25) is 0 Å². The normalized spacial score (nSPS) is 17.0. The highest BCUT2D eigenvalue weighted by atomic mass is 16.3. The van der Waals surface area contributed by atoms with Crippen LogP contribution < -0.4 is 0 Å². The molecule has 0 amide bonds. The predicted octanol–water partition coefficient (Wildman–Crippen LogP) is 3.24. The van der Waals surface area contributed by atoms with Crippen molar-refractivity contribution in [2.75, 3.05) is 13.1 Å². The zero-order valence-corrected chi connectivity index (χ0v) is 12.3. The lowest BCUT2D eigenvalue weighted by Crippen LogP contribution is -2.34. The summed E-state index contributed by atoms with van der Waals surface area (Å²) in [5, 5.41) is 9.26. The monoisotopic (exact) mass is 282 g/mol. The number of nitrogens with zero attached hydrogens (tertiary/aromatic N) is 2. The maximum Gasteiger partial charge on any atom is 0.133 e. The van der Waals surface area contributed by atoms with E-state index in [4.69, 9.17) is 0 Å². The summed E-state index contributed by atoms with van der Waals surface area (Å²) in [6, 6.07) is 14.4. The van der Waals surface area contributed by atoms with Crippen LogP contribution in [0.25, 0.3) is 0 Å². The number of aromatic hydroxyl groups is 1. The summed E-state index contributed by atoms with van der Waals surface area (Å²) in [5.74, 6) is 1.04. The van der Waals surface area contributed by atoms with Crippen molar-refractivity contribution in [2.45, 2.75) is 25.8 Å². The highest BCUT2D eigenvalue weighted by Crippen LogP contribution is 2.22. The summed E-state index contributed by atoms with van der Waals surface area (Å²) >= 11 is 0. The molecule has 1 aliphatic rings. The molecule has 0 radical (unpaired) electrons. The van der Waals surface area contributed by atoms with Crippen LogP contribution in [-0.4, -0.2) is 28.1 Å². The van der Waals surface area contributed by atoms with E-state index in [1.165, 1.54) is 31.0 Å². The van der Waals surface area contributed by atoms with E-state index in [9.17, 15) is 5.11 Å². The Morgan fingerprint density at radius 1 is 1.05 bits per heavy atom. The van der Waals surface area contributed by atoms with Gasteiger partial charge in [-0.15, -0.1) is 0 Å². The third kappa shape index (κ3) is 4.05. The van der Waals surface area contributed by atoms with E-state index in [1.807, 2.05) is 6.07 Å². The molecule has 0 atom stereocenters. The van der Waals surface area contributed by atoms with Gasteiger partial charge in [-0.2, -0.15) is 0 Å². The Hall–Kier alpha value is -1.87. The predicted molar refractivity (Wildman–Crippen MR) is 84.0 cm³/mol. The minimum Gasteiger partial charge on any atom is -0.506 e. The molecule has 110 valence electrons. The minimum absolute atomic E-state index is 0.236. The Morgan fingerprint density at radius 2 is 1.81 bits per heavy atom. The van der Waals surface area contributed by atoms with Gasteiger partial charge in [0.05, 0.1) is 11.9 Å². The van der Waals surface area contributed by atoms with E-state index >= 15 is 0 Å². The molecule has 3 nitrogen and oxygen atoms in total. The van der Waals surface area contributed by atoms with Crippen LogP contribution in [0.3, 0.4) is 0 Å². The average molecular weight is 282 g/mol. The fourth-order valence-electron chi connectivity index (χ4n) is 3.04. The number of benzene rings is 1. The summed E-state index contributed by atoms with van der Waals surface area (Å²) in [6.45, 7) is 3.17. The zero-order chi connectivity index (χ0) is 14.5. The highest BCUT2D eigenvalue weighted by molar-refractivity contribution is 5.18. The molecule has 0 unspecified atom stereocenters. The molecule has 1 saturated heterocycles. The molecule has 0 bridgehead atoms. The smallest absolute Gasteiger partial charge is 0.133 e. The van der Waals surface area contributed by atoms with Crippen LogP contribution in [-0.2, 0) is 13.0 Å². The first-order chi connectivity index (χ1) is 10.3. The molecule has 2 aromatic rings.